The first-order valence-corrected chi connectivity index (χ1v) is 13.2. The van der Waals surface area contributed by atoms with Crippen LogP contribution in [0.4, 0.5) is 13.2 Å². The van der Waals surface area contributed by atoms with E-state index in [9.17, 15) is 22.8 Å². The Kier molecular flexibility index (Phi) is 11.6. The molecule has 2 amide bonds. The standard InChI is InChI=1S/C26H35F3N8O3/c1-3-4-8-33-36(15-19(2)24(38)32-14-22-12-21(7-9-30-22)26(27,28)29)10-5-6-11-37-16-23(34-35-37)25(39)31-13-20-17-40-18-20/h7-9,12,15-16,20H,3-6,10-11,13-14,17-18H2,1-2H3,(H,31,39)(H,32,38)/b19-15+,33-8+. The summed E-state index contributed by atoms with van der Waals surface area (Å²) in [7, 11) is 0. The van der Waals surface area contributed by atoms with Crippen molar-refractivity contribution in [3.8, 4) is 0 Å². The molecule has 40 heavy (non-hydrogen) atoms. The molecule has 2 aromatic heterocycles. The summed E-state index contributed by atoms with van der Waals surface area (Å²) in [5, 5.41) is 19.5. The van der Waals surface area contributed by atoms with E-state index < -0.39 is 17.6 Å². The van der Waals surface area contributed by atoms with Crippen LogP contribution in [-0.4, -0.2) is 69.3 Å². The molecule has 0 radical (unpaired) electrons. The van der Waals surface area contributed by atoms with Crippen molar-refractivity contribution in [3.63, 3.8) is 0 Å². The number of halogens is 3. The molecule has 0 atom stereocenters. The minimum Gasteiger partial charge on any atom is -0.381 e. The third kappa shape index (κ3) is 10.1. The second-order valence-electron chi connectivity index (χ2n) is 9.47. The molecule has 0 aromatic carbocycles. The van der Waals surface area contributed by atoms with Crippen molar-refractivity contribution in [1.29, 1.82) is 0 Å². The number of hydrazone groups is 1. The first kappa shape index (κ1) is 30.7. The molecular weight excluding hydrogens is 529 g/mol. The zero-order valence-corrected chi connectivity index (χ0v) is 22.7. The second-order valence-corrected chi connectivity index (χ2v) is 9.47. The Labute approximate surface area is 230 Å². The predicted molar refractivity (Wildman–Crippen MR) is 141 cm³/mol. The number of rotatable bonds is 15. The van der Waals surface area contributed by atoms with Gasteiger partial charge in [0.05, 0.1) is 37.2 Å². The maximum absolute atomic E-state index is 12.9. The zero-order valence-electron chi connectivity index (χ0n) is 22.7. The van der Waals surface area contributed by atoms with Crippen molar-refractivity contribution < 1.29 is 27.5 Å². The molecule has 2 aromatic rings. The van der Waals surface area contributed by atoms with Crippen molar-refractivity contribution in [2.24, 2.45) is 11.0 Å². The Morgan fingerprint density at radius 2 is 2.08 bits per heavy atom. The number of pyridine rings is 1. The summed E-state index contributed by atoms with van der Waals surface area (Å²) in [5.41, 5.74) is -0.104. The highest BCUT2D eigenvalue weighted by molar-refractivity contribution is 5.92. The number of carbonyl (C=O) groups excluding carboxylic acids is 2. The first-order valence-electron chi connectivity index (χ1n) is 13.2. The van der Waals surface area contributed by atoms with Gasteiger partial charge in [-0.25, -0.2) is 0 Å². The van der Waals surface area contributed by atoms with Crippen LogP contribution in [0.1, 0.15) is 61.3 Å². The van der Waals surface area contributed by atoms with Crippen LogP contribution in [0.5, 0.6) is 0 Å². The van der Waals surface area contributed by atoms with Crippen LogP contribution in [0, 0.1) is 5.92 Å². The average Bonchev–Trinajstić information content (AvgIpc) is 3.37. The maximum Gasteiger partial charge on any atom is 0.416 e. The van der Waals surface area contributed by atoms with E-state index in [4.69, 9.17) is 4.74 Å². The molecule has 1 saturated heterocycles. The van der Waals surface area contributed by atoms with E-state index in [0.717, 1.165) is 37.6 Å². The monoisotopic (exact) mass is 564 g/mol. The lowest BCUT2D eigenvalue weighted by Gasteiger charge is -2.25. The zero-order chi connectivity index (χ0) is 29.0. The summed E-state index contributed by atoms with van der Waals surface area (Å²) in [6.07, 6.45) is 4.70. The molecule has 11 nitrogen and oxygen atoms in total. The first-order chi connectivity index (χ1) is 19.2. The van der Waals surface area contributed by atoms with Gasteiger partial charge in [0, 0.05) is 49.7 Å². The third-order valence-corrected chi connectivity index (χ3v) is 5.98. The number of carbonyl (C=O) groups is 2. The Balaban J connectivity index is 1.47. The maximum atomic E-state index is 12.9. The molecule has 0 aliphatic carbocycles. The van der Waals surface area contributed by atoms with Gasteiger partial charge in [0.25, 0.3) is 5.91 Å². The number of nitrogens with zero attached hydrogens (tertiary/aromatic N) is 6. The topological polar surface area (TPSA) is 127 Å². The number of nitrogens with one attached hydrogen (secondary N) is 2. The van der Waals surface area contributed by atoms with E-state index in [1.54, 1.807) is 35.2 Å². The van der Waals surface area contributed by atoms with Crippen LogP contribution >= 0.6 is 0 Å². The molecule has 0 unspecified atom stereocenters. The number of ether oxygens (including phenoxy) is 1. The fourth-order valence-electron chi connectivity index (χ4n) is 3.58. The molecule has 0 spiro atoms. The van der Waals surface area contributed by atoms with Gasteiger partial charge in [0.15, 0.2) is 5.69 Å². The molecule has 1 aliphatic heterocycles. The van der Waals surface area contributed by atoms with E-state index in [0.29, 0.717) is 50.8 Å². The molecule has 14 heteroatoms. The van der Waals surface area contributed by atoms with Crippen LogP contribution in [0.3, 0.4) is 0 Å². The summed E-state index contributed by atoms with van der Waals surface area (Å²) in [5.74, 6) is -0.358. The van der Waals surface area contributed by atoms with Crippen LogP contribution in [0.25, 0.3) is 0 Å². The van der Waals surface area contributed by atoms with E-state index in [1.165, 1.54) is 0 Å². The quantitative estimate of drug-likeness (QED) is 0.147. The van der Waals surface area contributed by atoms with Crippen LogP contribution in [0.2, 0.25) is 0 Å². The second kappa shape index (κ2) is 15.1. The van der Waals surface area contributed by atoms with E-state index in [-0.39, 0.29) is 23.8 Å². The van der Waals surface area contributed by atoms with Gasteiger partial charge < -0.3 is 15.4 Å². The minimum atomic E-state index is -4.48. The molecule has 0 saturated carbocycles. The van der Waals surface area contributed by atoms with Crippen molar-refractivity contribution >= 4 is 18.0 Å². The summed E-state index contributed by atoms with van der Waals surface area (Å²) in [6, 6.07) is 1.80. The van der Waals surface area contributed by atoms with Crippen LogP contribution < -0.4 is 10.6 Å². The van der Waals surface area contributed by atoms with Gasteiger partial charge in [-0.2, -0.15) is 18.3 Å². The molecule has 1 aliphatic rings. The summed E-state index contributed by atoms with van der Waals surface area (Å²) in [6.45, 7) is 6.43. The number of aryl methyl sites for hydroxylation is 1. The highest BCUT2D eigenvalue weighted by atomic mass is 19.4. The van der Waals surface area contributed by atoms with Crippen LogP contribution in [0.15, 0.2) is 41.4 Å². The lowest BCUT2D eigenvalue weighted by atomic mass is 10.1. The fourth-order valence-corrected chi connectivity index (χ4v) is 3.58. The SMILES string of the molecule is CCC/C=N/N(/C=C(\C)C(=O)NCc1cc(C(F)(F)F)ccn1)CCCCn1cc(C(=O)NCC2COC2)nn1. The lowest BCUT2D eigenvalue weighted by Crippen LogP contribution is -2.39. The number of hydrogen-bond acceptors (Lipinski definition) is 8. The number of alkyl halides is 3. The van der Waals surface area contributed by atoms with Gasteiger partial charge in [-0.15, -0.1) is 5.10 Å². The van der Waals surface area contributed by atoms with E-state index in [2.05, 4.69) is 31.0 Å². The smallest absolute Gasteiger partial charge is 0.381 e. The predicted octanol–water partition coefficient (Wildman–Crippen LogP) is 3.16. The van der Waals surface area contributed by atoms with E-state index in [1.807, 2.05) is 6.92 Å². The molecule has 2 N–H and O–H groups in total. The normalized spacial score (nSPS) is 14.3. The molecule has 3 rings (SSSR count). The highest BCUT2D eigenvalue weighted by Crippen LogP contribution is 2.28. The highest BCUT2D eigenvalue weighted by Gasteiger charge is 2.30. The van der Waals surface area contributed by atoms with Gasteiger partial charge in [-0.3, -0.25) is 24.3 Å². The Morgan fingerprint density at radius 1 is 1.27 bits per heavy atom. The number of hydrogen-bond donors (Lipinski definition) is 2. The third-order valence-electron chi connectivity index (χ3n) is 5.98. The van der Waals surface area contributed by atoms with Crippen molar-refractivity contribution in [2.45, 2.75) is 58.8 Å². The number of unbranched alkanes of at least 4 members (excludes halogenated alkanes) is 2. The molecule has 218 valence electrons. The molecule has 3 heterocycles. The Morgan fingerprint density at radius 3 is 2.77 bits per heavy atom. The Hall–Kier alpha value is -3.81. The summed E-state index contributed by atoms with van der Waals surface area (Å²) < 4.78 is 45.5. The number of aromatic nitrogens is 4. The summed E-state index contributed by atoms with van der Waals surface area (Å²) >= 11 is 0. The molecule has 1 fully saturated rings. The van der Waals surface area contributed by atoms with Crippen molar-refractivity contribution in [2.75, 3.05) is 26.3 Å². The van der Waals surface area contributed by atoms with Crippen LogP contribution in [-0.2, 0) is 28.8 Å². The van der Waals surface area contributed by atoms with E-state index >= 15 is 0 Å². The average molecular weight is 565 g/mol. The van der Waals surface area contributed by atoms with Gasteiger partial charge in [-0.1, -0.05) is 18.6 Å². The largest absolute Gasteiger partial charge is 0.416 e. The molecule has 0 bridgehead atoms. The van der Waals surface area contributed by atoms with Gasteiger partial charge in [-0.05, 0) is 38.3 Å². The fraction of sp³-hybridized carbons (Fsp3) is 0.538. The lowest BCUT2D eigenvalue weighted by molar-refractivity contribution is -0.137. The van der Waals surface area contributed by atoms with Crippen molar-refractivity contribution in [1.82, 2.24) is 35.6 Å². The minimum absolute atomic E-state index is 0.107. The Bertz CT molecular complexity index is 1180. The van der Waals surface area contributed by atoms with Gasteiger partial charge in [0.2, 0.25) is 5.91 Å². The summed E-state index contributed by atoms with van der Waals surface area (Å²) in [4.78, 5) is 28.7. The van der Waals surface area contributed by atoms with Gasteiger partial charge >= 0.3 is 6.18 Å². The van der Waals surface area contributed by atoms with Gasteiger partial charge in [0.1, 0.15) is 0 Å². The number of amides is 2. The van der Waals surface area contributed by atoms with Crippen molar-refractivity contribution in [3.05, 3.63) is 53.3 Å². The molecular formula is C26H35F3N8O3.